The Balaban J connectivity index is 2.11. The fourth-order valence-corrected chi connectivity index (χ4v) is 4.49. The van der Waals surface area contributed by atoms with E-state index in [-0.39, 0.29) is 10.8 Å². The van der Waals surface area contributed by atoms with Crippen molar-refractivity contribution >= 4 is 21.6 Å². The zero-order chi connectivity index (χ0) is 21.6. The van der Waals surface area contributed by atoms with Crippen LogP contribution in [0.5, 0.6) is 0 Å². The Hall–Kier alpha value is -2.38. The van der Waals surface area contributed by atoms with Gasteiger partial charge in [0.15, 0.2) is 0 Å². The molecule has 0 aliphatic heterocycles. The Morgan fingerprint density at radius 1 is 0.966 bits per heavy atom. The van der Waals surface area contributed by atoms with E-state index in [0.717, 1.165) is 6.54 Å². The Bertz CT molecular complexity index is 904. The van der Waals surface area contributed by atoms with Crippen molar-refractivity contribution in [2.24, 2.45) is 0 Å². The molecule has 0 bridgehead atoms. The number of benzene rings is 2. The summed E-state index contributed by atoms with van der Waals surface area (Å²) in [5.74, 6) is -0.281. The Morgan fingerprint density at radius 2 is 1.59 bits per heavy atom. The van der Waals surface area contributed by atoms with E-state index in [9.17, 15) is 13.2 Å². The molecule has 1 amide bonds. The van der Waals surface area contributed by atoms with Crippen molar-refractivity contribution in [2.45, 2.75) is 44.7 Å². The van der Waals surface area contributed by atoms with Crippen LogP contribution in [0.1, 0.15) is 38.1 Å². The lowest BCUT2D eigenvalue weighted by Crippen LogP contribution is -2.42. The second-order valence-electron chi connectivity index (χ2n) is 7.52. The van der Waals surface area contributed by atoms with Gasteiger partial charge in [0.2, 0.25) is 0 Å². The molecule has 0 saturated heterocycles. The molecule has 0 saturated carbocycles. The van der Waals surface area contributed by atoms with E-state index < -0.39 is 10.0 Å². The van der Waals surface area contributed by atoms with Crippen LogP contribution in [0, 0.1) is 0 Å². The number of carbonyl (C=O) groups excluding carboxylic acids is 1. The SMILES string of the molecule is CC(C)N(CCNC(=O)c1cccc(S(=O)(=O)N(C)c2ccccc2)c1)C(C)C. The van der Waals surface area contributed by atoms with Gasteiger partial charge in [-0.15, -0.1) is 0 Å². The minimum atomic E-state index is -3.76. The smallest absolute Gasteiger partial charge is 0.264 e. The van der Waals surface area contributed by atoms with Gasteiger partial charge in [-0.1, -0.05) is 24.3 Å². The van der Waals surface area contributed by atoms with Crippen molar-refractivity contribution in [1.82, 2.24) is 10.2 Å². The summed E-state index contributed by atoms with van der Waals surface area (Å²) in [6, 6.07) is 15.8. The van der Waals surface area contributed by atoms with Gasteiger partial charge in [0.05, 0.1) is 10.6 Å². The maximum Gasteiger partial charge on any atom is 0.264 e. The van der Waals surface area contributed by atoms with Crippen LogP contribution in [0.4, 0.5) is 5.69 Å². The zero-order valence-corrected chi connectivity index (χ0v) is 18.6. The van der Waals surface area contributed by atoms with E-state index in [1.165, 1.54) is 23.5 Å². The molecule has 0 fully saturated rings. The van der Waals surface area contributed by atoms with Crippen LogP contribution >= 0.6 is 0 Å². The highest BCUT2D eigenvalue weighted by Crippen LogP contribution is 2.22. The molecule has 29 heavy (non-hydrogen) atoms. The average molecular weight is 418 g/mol. The predicted octanol–water partition coefficient (Wildman–Crippen LogP) is 3.36. The van der Waals surface area contributed by atoms with Crippen LogP contribution in [0.15, 0.2) is 59.5 Å². The molecule has 0 unspecified atom stereocenters. The fourth-order valence-electron chi connectivity index (χ4n) is 3.25. The molecule has 0 aliphatic carbocycles. The quantitative estimate of drug-likeness (QED) is 0.679. The Kier molecular flexibility index (Phi) is 7.81. The van der Waals surface area contributed by atoms with Gasteiger partial charge in [0, 0.05) is 37.8 Å². The van der Waals surface area contributed by atoms with E-state index in [0.29, 0.717) is 29.9 Å². The maximum absolute atomic E-state index is 12.9. The first-order valence-electron chi connectivity index (χ1n) is 9.82. The number of para-hydroxylation sites is 1. The van der Waals surface area contributed by atoms with Crippen molar-refractivity contribution in [2.75, 3.05) is 24.4 Å². The van der Waals surface area contributed by atoms with E-state index >= 15 is 0 Å². The number of hydrogen-bond donors (Lipinski definition) is 1. The first kappa shape index (κ1) is 22.9. The van der Waals surface area contributed by atoms with E-state index in [2.05, 4.69) is 37.9 Å². The number of nitrogens with zero attached hydrogens (tertiary/aromatic N) is 2. The van der Waals surface area contributed by atoms with Crippen LogP contribution < -0.4 is 9.62 Å². The molecular formula is C22H31N3O3S. The van der Waals surface area contributed by atoms with Crippen LogP contribution in [0.25, 0.3) is 0 Å². The molecule has 2 aromatic carbocycles. The largest absolute Gasteiger partial charge is 0.351 e. The predicted molar refractivity (Wildman–Crippen MR) is 118 cm³/mol. The monoisotopic (exact) mass is 417 g/mol. The van der Waals surface area contributed by atoms with E-state index in [4.69, 9.17) is 0 Å². The van der Waals surface area contributed by atoms with Gasteiger partial charge in [-0.25, -0.2) is 8.42 Å². The number of hydrogen-bond acceptors (Lipinski definition) is 4. The van der Waals surface area contributed by atoms with Crippen LogP contribution in [-0.2, 0) is 10.0 Å². The van der Waals surface area contributed by atoms with Crippen LogP contribution in [0.2, 0.25) is 0 Å². The second kappa shape index (κ2) is 9.89. The third-order valence-electron chi connectivity index (χ3n) is 4.86. The third kappa shape index (κ3) is 5.81. The lowest BCUT2D eigenvalue weighted by molar-refractivity contribution is 0.0939. The Morgan fingerprint density at radius 3 is 2.17 bits per heavy atom. The number of amides is 1. The molecule has 0 heterocycles. The fraction of sp³-hybridized carbons (Fsp3) is 0.409. The highest BCUT2D eigenvalue weighted by Gasteiger charge is 2.22. The maximum atomic E-state index is 12.9. The molecule has 0 spiro atoms. The molecule has 6 nitrogen and oxygen atoms in total. The second-order valence-corrected chi connectivity index (χ2v) is 9.49. The van der Waals surface area contributed by atoms with E-state index in [1.54, 1.807) is 36.4 Å². The summed E-state index contributed by atoms with van der Waals surface area (Å²) in [6.07, 6.45) is 0. The van der Waals surface area contributed by atoms with Crippen molar-refractivity contribution in [3.05, 3.63) is 60.2 Å². The molecule has 2 rings (SSSR count). The molecule has 0 aromatic heterocycles. The summed E-state index contributed by atoms with van der Waals surface area (Å²) in [5.41, 5.74) is 0.887. The minimum Gasteiger partial charge on any atom is -0.351 e. The van der Waals surface area contributed by atoms with Gasteiger partial charge in [-0.2, -0.15) is 0 Å². The molecule has 0 aliphatic rings. The van der Waals surface area contributed by atoms with Gasteiger partial charge in [-0.3, -0.25) is 14.0 Å². The summed E-state index contributed by atoms with van der Waals surface area (Å²) < 4.78 is 27.1. The van der Waals surface area contributed by atoms with Gasteiger partial charge in [0.25, 0.3) is 15.9 Å². The molecular weight excluding hydrogens is 386 g/mol. The van der Waals surface area contributed by atoms with E-state index in [1.807, 2.05) is 6.07 Å². The summed E-state index contributed by atoms with van der Waals surface area (Å²) in [7, 11) is -2.26. The number of sulfonamides is 1. The van der Waals surface area contributed by atoms with Gasteiger partial charge < -0.3 is 5.32 Å². The number of nitrogens with one attached hydrogen (secondary N) is 1. The molecule has 0 atom stereocenters. The standard InChI is InChI=1S/C22H31N3O3S/c1-17(2)25(18(3)4)15-14-23-22(26)19-10-9-13-21(16-19)29(27,28)24(5)20-11-7-6-8-12-20/h6-13,16-18H,14-15H2,1-5H3,(H,23,26). The van der Waals surface area contributed by atoms with Crippen molar-refractivity contribution in [3.63, 3.8) is 0 Å². The lowest BCUT2D eigenvalue weighted by Gasteiger charge is -2.30. The lowest BCUT2D eigenvalue weighted by atomic mass is 10.2. The average Bonchev–Trinajstić information content (AvgIpc) is 2.70. The first-order valence-corrected chi connectivity index (χ1v) is 11.3. The van der Waals surface area contributed by atoms with Crippen LogP contribution in [0.3, 0.4) is 0 Å². The minimum absolute atomic E-state index is 0.0856. The number of rotatable bonds is 9. The molecule has 158 valence electrons. The van der Waals surface area contributed by atoms with Gasteiger partial charge in [-0.05, 0) is 58.0 Å². The van der Waals surface area contributed by atoms with Crippen molar-refractivity contribution in [1.29, 1.82) is 0 Å². The molecule has 1 N–H and O–H groups in total. The molecule has 0 radical (unpaired) electrons. The highest BCUT2D eigenvalue weighted by atomic mass is 32.2. The van der Waals surface area contributed by atoms with Crippen molar-refractivity contribution < 1.29 is 13.2 Å². The summed E-state index contributed by atoms with van der Waals surface area (Å²) in [4.78, 5) is 14.9. The van der Waals surface area contributed by atoms with Gasteiger partial charge >= 0.3 is 0 Å². The molecule has 2 aromatic rings. The third-order valence-corrected chi connectivity index (χ3v) is 6.64. The summed E-state index contributed by atoms with van der Waals surface area (Å²) in [5, 5.41) is 2.89. The normalized spacial score (nSPS) is 11.9. The van der Waals surface area contributed by atoms with Gasteiger partial charge in [0.1, 0.15) is 0 Å². The number of anilines is 1. The summed E-state index contributed by atoms with van der Waals surface area (Å²) >= 11 is 0. The van der Waals surface area contributed by atoms with Crippen LogP contribution in [-0.4, -0.2) is 51.4 Å². The first-order chi connectivity index (χ1) is 13.6. The Labute approximate surface area is 174 Å². The van der Waals surface area contributed by atoms with Crippen molar-refractivity contribution in [3.8, 4) is 0 Å². The molecule has 7 heteroatoms. The zero-order valence-electron chi connectivity index (χ0n) is 17.8. The number of carbonyl (C=O) groups is 1. The highest BCUT2D eigenvalue weighted by molar-refractivity contribution is 7.92. The topological polar surface area (TPSA) is 69.7 Å². The summed E-state index contributed by atoms with van der Waals surface area (Å²) in [6.45, 7) is 9.73.